The Kier molecular flexibility index (Phi) is 4.76. The molecule has 0 heterocycles. The Bertz CT molecular complexity index is 651. The van der Waals surface area contributed by atoms with E-state index in [1.54, 1.807) is 6.08 Å². The molecule has 4 unspecified atom stereocenters. The van der Waals surface area contributed by atoms with Crippen LogP contribution in [-0.2, 0) is 9.59 Å². The summed E-state index contributed by atoms with van der Waals surface area (Å²) in [6.07, 6.45) is 10.4. The number of hydrogen-bond acceptors (Lipinski definition) is 3. The summed E-state index contributed by atoms with van der Waals surface area (Å²) >= 11 is 0. The van der Waals surface area contributed by atoms with E-state index in [9.17, 15) is 9.59 Å². The molecule has 0 aromatic rings. The lowest BCUT2D eigenvalue weighted by Crippen LogP contribution is -2.38. The van der Waals surface area contributed by atoms with E-state index in [2.05, 4.69) is 19.9 Å². The van der Waals surface area contributed by atoms with Crippen LogP contribution < -0.4 is 0 Å². The summed E-state index contributed by atoms with van der Waals surface area (Å²) in [6.45, 7) is 4.39. The van der Waals surface area contributed by atoms with E-state index in [-0.39, 0.29) is 11.2 Å². The molecular weight excluding hydrogens is 298 g/mol. The average molecular weight is 325 g/mol. The fraction of sp³-hybridized carbons (Fsp3) is 0.667. The van der Waals surface area contributed by atoms with Crippen LogP contribution >= 0.6 is 0 Å². The lowest BCUT2D eigenvalue weighted by Gasteiger charge is -2.42. The lowest BCUT2D eigenvalue weighted by atomic mass is 9.61. The molecule has 0 radical (unpaired) electrons. The molecule has 0 aromatic heterocycles. The van der Waals surface area contributed by atoms with Crippen LogP contribution in [0, 0.1) is 34.5 Å². The van der Waals surface area contributed by atoms with Gasteiger partial charge in [0, 0.05) is 25.3 Å². The van der Waals surface area contributed by atoms with Gasteiger partial charge >= 0.3 is 0 Å². The van der Waals surface area contributed by atoms with Gasteiger partial charge in [-0.1, -0.05) is 25.0 Å². The third-order valence-corrected chi connectivity index (χ3v) is 6.75. The highest BCUT2D eigenvalue weighted by Gasteiger charge is 2.50. The van der Waals surface area contributed by atoms with Gasteiger partial charge in [-0.25, -0.2) is 0 Å². The standard InChI is InChI=1S/C21H27NO2/c1-14-3-7-18(23)11-15(14)4-5-16-12-19(24)13-21(2)17(9-10-22)6-8-20(16)21/h9,11,14,16,20H,3-8,12-13H2,1-2H3. The molecule has 0 amide bonds. The lowest BCUT2D eigenvalue weighted by molar-refractivity contribution is -0.126. The van der Waals surface area contributed by atoms with Crippen molar-refractivity contribution in [2.45, 2.75) is 65.2 Å². The molecule has 4 atom stereocenters. The van der Waals surface area contributed by atoms with E-state index in [0.717, 1.165) is 32.1 Å². The maximum Gasteiger partial charge on any atom is 0.155 e. The van der Waals surface area contributed by atoms with Crippen molar-refractivity contribution in [3.05, 3.63) is 23.3 Å². The van der Waals surface area contributed by atoms with Crippen LogP contribution in [0.1, 0.15) is 65.2 Å². The second-order valence-electron chi connectivity index (χ2n) is 8.20. The second-order valence-corrected chi connectivity index (χ2v) is 8.20. The van der Waals surface area contributed by atoms with Crippen LogP contribution in [0.5, 0.6) is 0 Å². The Balaban J connectivity index is 1.74. The van der Waals surface area contributed by atoms with Crippen LogP contribution in [0.15, 0.2) is 23.3 Å². The molecule has 128 valence electrons. The van der Waals surface area contributed by atoms with Crippen molar-refractivity contribution >= 4 is 11.6 Å². The number of ketones is 2. The second kappa shape index (κ2) is 6.67. The van der Waals surface area contributed by atoms with Crippen molar-refractivity contribution < 1.29 is 9.59 Å². The molecule has 0 spiro atoms. The van der Waals surface area contributed by atoms with E-state index in [4.69, 9.17) is 5.26 Å². The summed E-state index contributed by atoms with van der Waals surface area (Å²) in [5.41, 5.74) is 2.34. The van der Waals surface area contributed by atoms with Crippen molar-refractivity contribution in [3.63, 3.8) is 0 Å². The number of carbonyl (C=O) groups excluding carboxylic acids is 2. The SMILES string of the molecule is CC1CCC(=O)C=C1CCC1CC(=O)CC2(C)C(=CC#N)CCC12. The molecule has 3 rings (SSSR count). The Hall–Kier alpha value is -1.69. The van der Waals surface area contributed by atoms with Crippen molar-refractivity contribution in [1.82, 2.24) is 0 Å². The molecule has 3 heteroatoms. The van der Waals surface area contributed by atoms with E-state index in [1.807, 2.05) is 6.08 Å². The van der Waals surface area contributed by atoms with Gasteiger partial charge in [0.2, 0.25) is 0 Å². The molecular formula is C21H27NO2. The summed E-state index contributed by atoms with van der Waals surface area (Å²) < 4.78 is 0. The number of nitrogens with zero attached hydrogens (tertiary/aromatic N) is 1. The van der Waals surface area contributed by atoms with Crippen molar-refractivity contribution in [1.29, 1.82) is 5.26 Å². The first-order valence-electron chi connectivity index (χ1n) is 9.28. The third kappa shape index (κ3) is 3.11. The summed E-state index contributed by atoms with van der Waals surface area (Å²) in [4.78, 5) is 24.1. The highest BCUT2D eigenvalue weighted by atomic mass is 16.1. The summed E-state index contributed by atoms with van der Waals surface area (Å²) in [5, 5.41) is 9.04. The minimum absolute atomic E-state index is 0.113. The Morgan fingerprint density at radius 3 is 2.88 bits per heavy atom. The number of hydrogen-bond donors (Lipinski definition) is 0. The van der Waals surface area contributed by atoms with E-state index in [0.29, 0.717) is 42.8 Å². The smallest absolute Gasteiger partial charge is 0.155 e. The topological polar surface area (TPSA) is 57.9 Å². The Morgan fingerprint density at radius 2 is 2.12 bits per heavy atom. The normalized spacial score (nSPS) is 38.0. The van der Waals surface area contributed by atoms with Gasteiger partial charge in [-0.15, -0.1) is 0 Å². The molecule has 3 aliphatic carbocycles. The Labute approximate surface area is 144 Å². The first-order chi connectivity index (χ1) is 11.4. The maximum absolute atomic E-state index is 12.4. The molecule has 0 bridgehead atoms. The number of carbonyl (C=O) groups is 2. The van der Waals surface area contributed by atoms with Gasteiger partial charge in [-0.2, -0.15) is 5.26 Å². The molecule has 0 N–H and O–H groups in total. The van der Waals surface area contributed by atoms with Crippen LogP contribution in [0.2, 0.25) is 0 Å². The van der Waals surface area contributed by atoms with Crippen molar-refractivity contribution in [2.24, 2.45) is 23.2 Å². The zero-order valence-electron chi connectivity index (χ0n) is 14.8. The summed E-state index contributed by atoms with van der Waals surface area (Å²) in [6, 6.07) is 2.17. The van der Waals surface area contributed by atoms with E-state index in [1.165, 1.54) is 11.1 Å². The van der Waals surface area contributed by atoms with Gasteiger partial charge < -0.3 is 0 Å². The largest absolute Gasteiger partial charge is 0.300 e. The molecule has 2 fully saturated rings. The molecule has 0 aromatic carbocycles. The number of fused-ring (bicyclic) bond motifs is 1. The van der Waals surface area contributed by atoms with E-state index < -0.39 is 0 Å². The molecule has 2 saturated carbocycles. The first kappa shape index (κ1) is 17.1. The number of rotatable bonds is 3. The summed E-state index contributed by atoms with van der Waals surface area (Å²) in [5.74, 6) is 1.99. The molecule has 3 aliphatic rings. The monoisotopic (exact) mass is 325 g/mol. The fourth-order valence-electron chi connectivity index (χ4n) is 5.32. The average Bonchev–Trinajstić information content (AvgIpc) is 2.85. The highest BCUT2D eigenvalue weighted by molar-refractivity contribution is 5.91. The summed E-state index contributed by atoms with van der Waals surface area (Å²) in [7, 11) is 0. The first-order valence-corrected chi connectivity index (χ1v) is 9.28. The van der Waals surface area contributed by atoms with Crippen LogP contribution in [0.3, 0.4) is 0 Å². The fourth-order valence-corrected chi connectivity index (χ4v) is 5.32. The highest BCUT2D eigenvalue weighted by Crippen LogP contribution is 2.57. The van der Waals surface area contributed by atoms with Gasteiger partial charge in [0.05, 0.1) is 6.07 Å². The predicted molar refractivity (Wildman–Crippen MR) is 93.0 cm³/mol. The molecule has 24 heavy (non-hydrogen) atoms. The van der Waals surface area contributed by atoms with Gasteiger partial charge in [0.15, 0.2) is 5.78 Å². The van der Waals surface area contributed by atoms with E-state index >= 15 is 0 Å². The zero-order chi connectivity index (χ0) is 17.3. The zero-order valence-corrected chi connectivity index (χ0v) is 14.8. The number of nitriles is 1. The van der Waals surface area contributed by atoms with Crippen LogP contribution in [0.25, 0.3) is 0 Å². The van der Waals surface area contributed by atoms with Gasteiger partial charge in [-0.05, 0) is 61.3 Å². The van der Waals surface area contributed by atoms with Crippen molar-refractivity contribution in [3.8, 4) is 6.07 Å². The van der Waals surface area contributed by atoms with Gasteiger partial charge in [-0.3, -0.25) is 9.59 Å². The minimum Gasteiger partial charge on any atom is -0.300 e. The predicted octanol–water partition coefficient (Wildman–Crippen LogP) is 4.54. The van der Waals surface area contributed by atoms with Gasteiger partial charge in [0.1, 0.15) is 5.78 Å². The van der Waals surface area contributed by atoms with Crippen LogP contribution in [-0.4, -0.2) is 11.6 Å². The maximum atomic E-state index is 12.4. The molecule has 3 nitrogen and oxygen atoms in total. The quantitative estimate of drug-likeness (QED) is 0.716. The minimum atomic E-state index is -0.113. The number of Topliss-reactive ketones (excluding diaryl/α,β-unsaturated/α-hetero) is 1. The third-order valence-electron chi connectivity index (χ3n) is 6.75. The molecule has 0 aliphatic heterocycles. The van der Waals surface area contributed by atoms with Crippen molar-refractivity contribution in [2.75, 3.05) is 0 Å². The van der Waals surface area contributed by atoms with Crippen LogP contribution in [0.4, 0.5) is 0 Å². The molecule has 0 saturated heterocycles. The van der Waals surface area contributed by atoms with Gasteiger partial charge in [0.25, 0.3) is 0 Å². The Morgan fingerprint density at radius 1 is 1.33 bits per heavy atom. The number of allylic oxidation sites excluding steroid dienone is 4.